The Hall–Kier alpha value is -1.17. The molecule has 0 spiro atoms. The van der Waals surface area contributed by atoms with Gasteiger partial charge in [0.2, 0.25) is 5.88 Å². The summed E-state index contributed by atoms with van der Waals surface area (Å²) < 4.78 is 6.58. The highest BCUT2D eigenvalue weighted by Gasteiger charge is 2.04. The molecular formula is C11H9IN2O. The SMILES string of the molecule is Cc1ccccc1Oc1ncncc1I. The first-order valence-electron chi connectivity index (χ1n) is 4.46. The second-order valence-electron chi connectivity index (χ2n) is 3.04. The van der Waals surface area contributed by atoms with Crippen molar-refractivity contribution >= 4 is 22.6 Å². The van der Waals surface area contributed by atoms with E-state index in [2.05, 4.69) is 32.6 Å². The number of nitrogens with zero attached hydrogens (tertiary/aromatic N) is 2. The van der Waals surface area contributed by atoms with E-state index >= 15 is 0 Å². The Balaban J connectivity index is 2.30. The molecule has 0 bridgehead atoms. The van der Waals surface area contributed by atoms with Crippen LogP contribution in [0.3, 0.4) is 0 Å². The van der Waals surface area contributed by atoms with Crippen molar-refractivity contribution in [3.05, 3.63) is 45.9 Å². The van der Waals surface area contributed by atoms with Crippen LogP contribution in [0.15, 0.2) is 36.8 Å². The Kier molecular flexibility index (Phi) is 3.15. The Morgan fingerprint density at radius 2 is 2.07 bits per heavy atom. The summed E-state index contributed by atoms with van der Waals surface area (Å²) in [5.41, 5.74) is 1.09. The first-order chi connectivity index (χ1) is 7.27. The summed E-state index contributed by atoms with van der Waals surface area (Å²) in [6.07, 6.45) is 3.21. The van der Waals surface area contributed by atoms with Crippen molar-refractivity contribution in [3.63, 3.8) is 0 Å². The number of hydrogen-bond acceptors (Lipinski definition) is 3. The highest BCUT2D eigenvalue weighted by molar-refractivity contribution is 14.1. The molecule has 0 aliphatic rings. The predicted molar refractivity (Wildman–Crippen MR) is 66.0 cm³/mol. The Morgan fingerprint density at radius 3 is 2.80 bits per heavy atom. The Bertz CT molecular complexity index is 430. The summed E-state index contributed by atoms with van der Waals surface area (Å²) in [4.78, 5) is 7.98. The predicted octanol–water partition coefficient (Wildman–Crippen LogP) is 3.18. The quantitative estimate of drug-likeness (QED) is 0.799. The van der Waals surface area contributed by atoms with Gasteiger partial charge in [0, 0.05) is 6.20 Å². The first-order valence-corrected chi connectivity index (χ1v) is 5.54. The van der Waals surface area contributed by atoms with Crippen molar-refractivity contribution in [2.24, 2.45) is 0 Å². The lowest BCUT2D eigenvalue weighted by Crippen LogP contribution is -1.93. The van der Waals surface area contributed by atoms with Gasteiger partial charge < -0.3 is 4.74 Å². The molecule has 1 aromatic heterocycles. The van der Waals surface area contributed by atoms with Crippen molar-refractivity contribution < 1.29 is 4.74 Å². The van der Waals surface area contributed by atoms with Gasteiger partial charge >= 0.3 is 0 Å². The van der Waals surface area contributed by atoms with Crippen LogP contribution in [0.2, 0.25) is 0 Å². The Morgan fingerprint density at radius 1 is 1.27 bits per heavy atom. The minimum Gasteiger partial charge on any atom is -0.438 e. The molecule has 1 aromatic carbocycles. The van der Waals surface area contributed by atoms with E-state index in [1.54, 1.807) is 6.20 Å². The van der Waals surface area contributed by atoms with Crippen LogP contribution in [0.25, 0.3) is 0 Å². The second kappa shape index (κ2) is 4.57. The maximum atomic E-state index is 5.68. The van der Waals surface area contributed by atoms with E-state index in [1.165, 1.54) is 6.33 Å². The van der Waals surface area contributed by atoms with Gasteiger partial charge in [0.15, 0.2) is 0 Å². The van der Waals surface area contributed by atoms with E-state index in [0.29, 0.717) is 5.88 Å². The number of para-hydroxylation sites is 1. The lowest BCUT2D eigenvalue weighted by molar-refractivity contribution is 0.454. The van der Waals surface area contributed by atoms with Gasteiger partial charge in [-0.3, -0.25) is 0 Å². The molecule has 0 radical (unpaired) electrons. The first kappa shape index (κ1) is 10.4. The number of ether oxygens (including phenoxy) is 1. The zero-order chi connectivity index (χ0) is 10.7. The molecule has 0 aliphatic carbocycles. The van der Waals surface area contributed by atoms with Crippen LogP contribution < -0.4 is 4.74 Å². The molecule has 0 fully saturated rings. The van der Waals surface area contributed by atoms with Crippen LogP contribution in [-0.4, -0.2) is 9.97 Å². The highest BCUT2D eigenvalue weighted by atomic mass is 127. The van der Waals surface area contributed by atoms with Crippen molar-refractivity contribution in [2.75, 3.05) is 0 Å². The molecule has 4 heteroatoms. The molecule has 1 heterocycles. The molecule has 15 heavy (non-hydrogen) atoms. The molecule has 76 valence electrons. The summed E-state index contributed by atoms with van der Waals surface area (Å²) in [7, 11) is 0. The van der Waals surface area contributed by atoms with E-state index in [-0.39, 0.29) is 0 Å². The van der Waals surface area contributed by atoms with E-state index in [4.69, 9.17) is 4.74 Å². The lowest BCUT2D eigenvalue weighted by atomic mass is 10.2. The third-order valence-corrected chi connectivity index (χ3v) is 2.67. The van der Waals surface area contributed by atoms with Gasteiger partial charge in [-0.15, -0.1) is 0 Å². The molecule has 0 unspecified atom stereocenters. The van der Waals surface area contributed by atoms with Gasteiger partial charge in [0.1, 0.15) is 12.1 Å². The van der Waals surface area contributed by atoms with Crippen molar-refractivity contribution in [1.29, 1.82) is 0 Å². The molecule has 0 saturated heterocycles. The van der Waals surface area contributed by atoms with Crippen molar-refractivity contribution in [1.82, 2.24) is 9.97 Å². The zero-order valence-electron chi connectivity index (χ0n) is 8.14. The third kappa shape index (κ3) is 2.44. The van der Waals surface area contributed by atoms with Gasteiger partial charge in [-0.25, -0.2) is 9.97 Å². The zero-order valence-corrected chi connectivity index (χ0v) is 10.3. The molecule has 0 N–H and O–H groups in total. The average Bonchev–Trinajstić information content (AvgIpc) is 2.24. The molecular weight excluding hydrogens is 303 g/mol. The van der Waals surface area contributed by atoms with E-state index in [9.17, 15) is 0 Å². The monoisotopic (exact) mass is 312 g/mol. The molecule has 2 rings (SSSR count). The number of benzene rings is 1. The van der Waals surface area contributed by atoms with Crippen LogP contribution in [0, 0.1) is 10.5 Å². The highest BCUT2D eigenvalue weighted by Crippen LogP contribution is 2.25. The third-order valence-electron chi connectivity index (χ3n) is 1.93. The minimum absolute atomic E-state index is 0.597. The van der Waals surface area contributed by atoms with E-state index in [0.717, 1.165) is 14.9 Å². The van der Waals surface area contributed by atoms with Crippen LogP contribution in [0.4, 0.5) is 0 Å². The van der Waals surface area contributed by atoms with Gasteiger partial charge in [-0.1, -0.05) is 18.2 Å². The fraction of sp³-hybridized carbons (Fsp3) is 0.0909. The Labute approximate surface area is 102 Å². The topological polar surface area (TPSA) is 35.0 Å². The van der Waals surface area contributed by atoms with Gasteiger partial charge in [0.25, 0.3) is 0 Å². The summed E-state index contributed by atoms with van der Waals surface area (Å²) in [5, 5.41) is 0. The number of aromatic nitrogens is 2. The largest absolute Gasteiger partial charge is 0.438 e. The molecule has 0 amide bonds. The molecule has 0 atom stereocenters. The standard InChI is InChI=1S/C11H9IN2O/c1-8-4-2-3-5-10(8)15-11-9(12)6-13-7-14-11/h2-7H,1H3. The number of aryl methyl sites for hydroxylation is 1. The molecule has 0 aliphatic heterocycles. The summed E-state index contributed by atoms with van der Waals surface area (Å²) in [6, 6.07) is 7.85. The van der Waals surface area contributed by atoms with Crippen LogP contribution in [-0.2, 0) is 0 Å². The van der Waals surface area contributed by atoms with E-state index in [1.807, 2.05) is 31.2 Å². The van der Waals surface area contributed by atoms with Crippen molar-refractivity contribution in [3.8, 4) is 11.6 Å². The normalized spacial score (nSPS) is 10.0. The van der Waals surface area contributed by atoms with Crippen molar-refractivity contribution in [2.45, 2.75) is 6.92 Å². The maximum Gasteiger partial charge on any atom is 0.235 e. The molecule has 0 saturated carbocycles. The van der Waals surface area contributed by atoms with Gasteiger partial charge in [-0.2, -0.15) is 0 Å². The second-order valence-corrected chi connectivity index (χ2v) is 4.21. The van der Waals surface area contributed by atoms with Crippen LogP contribution >= 0.6 is 22.6 Å². The number of hydrogen-bond donors (Lipinski definition) is 0. The fourth-order valence-corrected chi connectivity index (χ4v) is 1.56. The van der Waals surface area contributed by atoms with Gasteiger partial charge in [-0.05, 0) is 41.1 Å². The smallest absolute Gasteiger partial charge is 0.235 e. The number of halogens is 1. The van der Waals surface area contributed by atoms with Crippen LogP contribution in [0.1, 0.15) is 5.56 Å². The fourth-order valence-electron chi connectivity index (χ4n) is 1.15. The van der Waals surface area contributed by atoms with Crippen LogP contribution in [0.5, 0.6) is 11.6 Å². The van der Waals surface area contributed by atoms with E-state index < -0.39 is 0 Å². The minimum atomic E-state index is 0.597. The molecule has 3 nitrogen and oxygen atoms in total. The average molecular weight is 312 g/mol. The van der Waals surface area contributed by atoms with Gasteiger partial charge in [0.05, 0.1) is 3.57 Å². The lowest BCUT2D eigenvalue weighted by Gasteiger charge is -2.07. The molecule has 2 aromatic rings. The summed E-state index contributed by atoms with van der Waals surface area (Å²) >= 11 is 2.15. The summed E-state index contributed by atoms with van der Waals surface area (Å²) in [5.74, 6) is 1.43. The maximum absolute atomic E-state index is 5.68. The number of rotatable bonds is 2. The summed E-state index contributed by atoms with van der Waals surface area (Å²) in [6.45, 7) is 2.00.